The van der Waals surface area contributed by atoms with Gasteiger partial charge in [-0.05, 0) is 41.4 Å². The fourth-order valence-electron chi connectivity index (χ4n) is 1.67. The maximum Gasteiger partial charge on any atom is 0.187 e. The second-order valence-corrected chi connectivity index (χ2v) is 5.83. The van der Waals surface area contributed by atoms with Gasteiger partial charge in [0.05, 0.1) is 16.9 Å². The normalized spacial score (nSPS) is 10.1. The van der Waals surface area contributed by atoms with Crippen molar-refractivity contribution < 1.29 is 0 Å². The van der Waals surface area contributed by atoms with E-state index in [4.69, 9.17) is 5.26 Å². The minimum atomic E-state index is 0.600. The van der Waals surface area contributed by atoms with Crippen molar-refractivity contribution in [2.45, 2.75) is 20.3 Å². The maximum absolute atomic E-state index is 9.15. The van der Waals surface area contributed by atoms with Crippen LogP contribution in [-0.2, 0) is 6.42 Å². The minimum Gasteiger partial charge on any atom is -0.330 e. The lowest BCUT2D eigenvalue weighted by Gasteiger charge is -2.05. The van der Waals surface area contributed by atoms with Gasteiger partial charge in [-0.3, -0.25) is 0 Å². The molecular weight excluding hydrogens is 310 g/mol. The Kier molecular flexibility index (Phi) is 4.00. The van der Waals surface area contributed by atoms with Crippen molar-refractivity contribution in [1.82, 2.24) is 4.98 Å². The average molecular weight is 322 g/mol. The standard InChI is InChI=1S/C13H12BrN3S/c1-3-11-8(2)18-13(16-11)17-12-6-4-5-10(14)9(12)7-15/h4-6H,3H2,1-2H3,(H,16,17). The summed E-state index contributed by atoms with van der Waals surface area (Å²) in [5, 5.41) is 13.2. The first kappa shape index (κ1) is 13.1. The van der Waals surface area contributed by atoms with Crippen LogP contribution in [0.1, 0.15) is 23.1 Å². The van der Waals surface area contributed by atoms with Crippen LogP contribution in [0.3, 0.4) is 0 Å². The van der Waals surface area contributed by atoms with Gasteiger partial charge in [0.2, 0.25) is 0 Å². The molecule has 0 aliphatic heterocycles. The van der Waals surface area contributed by atoms with Crippen molar-refractivity contribution >= 4 is 38.1 Å². The largest absolute Gasteiger partial charge is 0.330 e. The number of nitrogens with zero attached hydrogens (tertiary/aromatic N) is 2. The fourth-order valence-corrected chi connectivity index (χ4v) is 3.04. The minimum absolute atomic E-state index is 0.600. The Morgan fingerprint density at radius 3 is 2.89 bits per heavy atom. The fraction of sp³-hybridized carbons (Fsp3) is 0.231. The van der Waals surface area contributed by atoms with E-state index in [1.807, 2.05) is 18.2 Å². The summed E-state index contributed by atoms with van der Waals surface area (Å²) in [5.41, 5.74) is 2.49. The summed E-state index contributed by atoms with van der Waals surface area (Å²) in [6, 6.07) is 7.82. The molecule has 0 bridgehead atoms. The molecule has 5 heteroatoms. The highest BCUT2D eigenvalue weighted by Gasteiger charge is 2.10. The number of benzene rings is 1. The quantitative estimate of drug-likeness (QED) is 0.911. The van der Waals surface area contributed by atoms with Crippen LogP contribution >= 0.6 is 27.3 Å². The number of nitrogens with one attached hydrogen (secondary N) is 1. The highest BCUT2D eigenvalue weighted by molar-refractivity contribution is 9.10. The molecule has 0 unspecified atom stereocenters. The lowest BCUT2D eigenvalue weighted by molar-refractivity contribution is 1.05. The maximum atomic E-state index is 9.15. The Balaban J connectivity index is 2.34. The molecule has 2 aromatic rings. The van der Waals surface area contributed by atoms with Gasteiger partial charge in [-0.2, -0.15) is 5.26 Å². The van der Waals surface area contributed by atoms with Gasteiger partial charge in [0.15, 0.2) is 5.13 Å². The molecule has 92 valence electrons. The molecule has 3 nitrogen and oxygen atoms in total. The summed E-state index contributed by atoms with van der Waals surface area (Å²) < 4.78 is 0.791. The SMILES string of the molecule is CCc1nc(Nc2cccc(Br)c2C#N)sc1C. The van der Waals surface area contributed by atoms with Gasteiger partial charge in [0.25, 0.3) is 0 Å². The molecule has 0 saturated carbocycles. The zero-order chi connectivity index (χ0) is 13.1. The number of aromatic nitrogens is 1. The van der Waals surface area contributed by atoms with Crippen molar-refractivity contribution in [1.29, 1.82) is 5.26 Å². The van der Waals surface area contributed by atoms with Crippen molar-refractivity contribution in [3.05, 3.63) is 38.8 Å². The zero-order valence-electron chi connectivity index (χ0n) is 10.1. The number of aryl methyl sites for hydroxylation is 2. The molecule has 18 heavy (non-hydrogen) atoms. The van der Waals surface area contributed by atoms with Gasteiger partial charge in [0, 0.05) is 9.35 Å². The van der Waals surface area contributed by atoms with E-state index >= 15 is 0 Å². The van der Waals surface area contributed by atoms with E-state index in [1.54, 1.807) is 11.3 Å². The van der Waals surface area contributed by atoms with Gasteiger partial charge in [-0.1, -0.05) is 13.0 Å². The highest BCUT2D eigenvalue weighted by atomic mass is 79.9. The summed E-state index contributed by atoms with van der Waals surface area (Å²) in [4.78, 5) is 5.73. The van der Waals surface area contributed by atoms with Crippen LogP contribution in [0.5, 0.6) is 0 Å². The molecular formula is C13H12BrN3S. The molecule has 0 radical (unpaired) electrons. The number of hydrogen-bond donors (Lipinski definition) is 1. The van der Waals surface area contributed by atoms with E-state index in [-0.39, 0.29) is 0 Å². The number of nitriles is 1. The number of halogens is 1. The molecule has 0 aliphatic carbocycles. The van der Waals surface area contributed by atoms with E-state index in [0.29, 0.717) is 5.56 Å². The second kappa shape index (κ2) is 5.51. The van der Waals surface area contributed by atoms with Crippen molar-refractivity contribution in [3.8, 4) is 6.07 Å². The van der Waals surface area contributed by atoms with E-state index < -0.39 is 0 Å². The average Bonchev–Trinajstić information content (AvgIpc) is 2.70. The third-order valence-corrected chi connectivity index (χ3v) is 4.18. The molecule has 0 fully saturated rings. The summed E-state index contributed by atoms with van der Waals surface area (Å²) in [7, 11) is 0. The van der Waals surface area contributed by atoms with Crippen molar-refractivity contribution in [3.63, 3.8) is 0 Å². The summed E-state index contributed by atoms with van der Waals surface area (Å²) in [6.45, 7) is 4.15. The topological polar surface area (TPSA) is 48.7 Å². The number of thiazole rings is 1. The summed E-state index contributed by atoms with van der Waals surface area (Å²) >= 11 is 4.99. The third-order valence-electron chi connectivity index (χ3n) is 2.59. The van der Waals surface area contributed by atoms with E-state index in [0.717, 1.165) is 27.4 Å². The molecule has 0 atom stereocenters. The first-order valence-corrected chi connectivity index (χ1v) is 7.18. The molecule has 2 rings (SSSR count). The van der Waals surface area contributed by atoms with Crippen LogP contribution in [0.2, 0.25) is 0 Å². The van der Waals surface area contributed by atoms with Gasteiger partial charge >= 0.3 is 0 Å². The van der Waals surface area contributed by atoms with Crippen molar-refractivity contribution in [2.24, 2.45) is 0 Å². The Bertz CT molecular complexity index is 613. The molecule has 0 amide bonds. The molecule has 1 aromatic carbocycles. The second-order valence-electron chi connectivity index (χ2n) is 3.77. The molecule has 1 N–H and O–H groups in total. The van der Waals surface area contributed by atoms with Gasteiger partial charge in [0.1, 0.15) is 6.07 Å². The van der Waals surface area contributed by atoms with Gasteiger partial charge in [-0.25, -0.2) is 4.98 Å². The highest BCUT2D eigenvalue weighted by Crippen LogP contribution is 2.30. The number of rotatable bonds is 3. The van der Waals surface area contributed by atoms with Crippen LogP contribution < -0.4 is 5.32 Å². The predicted octanol–water partition coefficient (Wildman–Crippen LogP) is 4.39. The number of anilines is 2. The van der Waals surface area contributed by atoms with E-state index in [1.165, 1.54) is 4.88 Å². The summed E-state index contributed by atoms with van der Waals surface area (Å²) in [5.74, 6) is 0. The number of hydrogen-bond acceptors (Lipinski definition) is 4. The Morgan fingerprint density at radius 2 is 2.28 bits per heavy atom. The van der Waals surface area contributed by atoms with Crippen LogP contribution in [0.15, 0.2) is 22.7 Å². The van der Waals surface area contributed by atoms with Crippen LogP contribution in [0.4, 0.5) is 10.8 Å². The molecule has 0 spiro atoms. The van der Waals surface area contributed by atoms with E-state index in [2.05, 4.69) is 46.1 Å². The predicted molar refractivity (Wildman–Crippen MR) is 78.4 cm³/mol. The Hall–Kier alpha value is -1.38. The monoisotopic (exact) mass is 321 g/mol. The van der Waals surface area contributed by atoms with Crippen LogP contribution in [-0.4, -0.2) is 4.98 Å². The molecule has 1 heterocycles. The molecule has 1 aromatic heterocycles. The Morgan fingerprint density at radius 1 is 1.50 bits per heavy atom. The first-order valence-electron chi connectivity index (χ1n) is 5.57. The summed E-state index contributed by atoms with van der Waals surface area (Å²) in [6.07, 6.45) is 0.924. The zero-order valence-corrected chi connectivity index (χ0v) is 12.5. The third kappa shape index (κ3) is 2.55. The van der Waals surface area contributed by atoms with Crippen molar-refractivity contribution in [2.75, 3.05) is 5.32 Å². The van der Waals surface area contributed by atoms with Crippen LogP contribution in [0.25, 0.3) is 0 Å². The smallest absolute Gasteiger partial charge is 0.187 e. The molecule has 0 saturated heterocycles. The molecule has 0 aliphatic rings. The van der Waals surface area contributed by atoms with Gasteiger partial charge < -0.3 is 5.32 Å². The lowest BCUT2D eigenvalue weighted by atomic mass is 10.2. The van der Waals surface area contributed by atoms with E-state index in [9.17, 15) is 0 Å². The Labute approximate surface area is 119 Å². The van der Waals surface area contributed by atoms with Gasteiger partial charge in [-0.15, -0.1) is 11.3 Å². The first-order chi connectivity index (χ1) is 8.65. The van der Waals surface area contributed by atoms with Crippen LogP contribution in [0, 0.1) is 18.3 Å². The lowest BCUT2D eigenvalue weighted by Crippen LogP contribution is -1.94.